The average Bonchev–Trinajstić information content (AvgIpc) is 3.47. The highest BCUT2D eigenvalue weighted by atomic mass is 32.2. The summed E-state index contributed by atoms with van der Waals surface area (Å²) in [5.74, 6) is 2.50. The molecule has 3 aromatic heterocycles. The van der Waals surface area contributed by atoms with Crippen molar-refractivity contribution in [1.82, 2.24) is 24.6 Å². The molecule has 11 heteroatoms. The zero-order chi connectivity index (χ0) is 23.4. The second kappa shape index (κ2) is 8.24. The van der Waals surface area contributed by atoms with Crippen molar-refractivity contribution in [2.24, 2.45) is 5.92 Å². The van der Waals surface area contributed by atoms with E-state index in [2.05, 4.69) is 29.1 Å². The predicted octanol–water partition coefficient (Wildman–Crippen LogP) is 3.43. The maximum absolute atomic E-state index is 13.4. The van der Waals surface area contributed by atoms with Gasteiger partial charge in [0.25, 0.3) is 0 Å². The molecule has 4 aromatic rings. The molecule has 0 radical (unpaired) electrons. The van der Waals surface area contributed by atoms with Gasteiger partial charge in [-0.2, -0.15) is 4.31 Å². The summed E-state index contributed by atoms with van der Waals surface area (Å²) in [6.07, 6.45) is 4.11. The van der Waals surface area contributed by atoms with Crippen LogP contribution in [0.1, 0.15) is 36.5 Å². The number of aryl methyl sites for hydroxylation is 2. The van der Waals surface area contributed by atoms with Crippen LogP contribution in [-0.4, -0.2) is 59.2 Å². The van der Waals surface area contributed by atoms with Crippen molar-refractivity contribution in [3.05, 3.63) is 34.5 Å². The smallest absolute Gasteiger partial charge is 0.245 e. The minimum absolute atomic E-state index is 0.137. The molecule has 1 aromatic carbocycles. The molecule has 1 aliphatic carbocycles. The van der Waals surface area contributed by atoms with Crippen LogP contribution in [0.5, 0.6) is 0 Å². The number of hydrogen-bond donors (Lipinski definition) is 0. The van der Waals surface area contributed by atoms with Crippen LogP contribution in [0.4, 0.5) is 5.82 Å². The fourth-order valence-corrected chi connectivity index (χ4v) is 7.98. The van der Waals surface area contributed by atoms with Crippen LogP contribution in [-0.2, 0) is 29.3 Å². The molecule has 1 fully saturated rings. The van der Waals surface area contributed by atoms with Gasteiger partial charge in [-0.05, 0) is 53.2 Å². The molecule has 2 aliphatic rings. The first-order valence-electron chi connectivity index (χ1n) is 11.7. The van der Waals surface area contributed by atoms with Gasteiger partial charge < -0.3 is 4.90 Å². The Morgan fingerprint density at radius 2 is 1.97 bits per heavy atom. The second-order valence-electron chi connectivity index (χ2n) is 9.13. The largest absolute Gasteiger partial charge is 0.353 e. The number of piperazine rings is 1. The van der Waals surface area contributed by atoms with Gasteiger partial charge in [0, 0.05) is 37.5 Å². The molecule has 0 N–H and O–H groups in total. The molecule has 6 rings (SSSR count). The van der Waals surface area contributed by atoms with Gasteiger partial charge in [-0.1, -0.05) is 19.9 Å². The van der Waals surface area contributed by atoms with E-state index in [4.69, 9.17) is 14.6 Å². The van der Waals surface area contributed by atoms with Crippen molar-refractivity contribution in [3.63, 3.8) is 0 Å². The van der Waals surface area contributed by atoms with Crippen LogP contribution in [0.3, 0.4) is 0 Å². The Labute approximate surface area is 201 Å². The highest BCUT2D eigenvalue weighted by Crippen LogP contribution is 2.41. The fourth-order valence-electron chi connectivity index (χ4n) is 5.02. The molecule has 0 saturated carbocycles. The van der Waals surface area contributed by atoms with Crippen molar-refractivity contribution in [3.8, 4) is 0 Å². The van der Waals surface area contributed by atoms with E-state index in [1.807, 2.05) is 11.3 Å². The summed E-state index contributed by atoms with van der Waals surface area (Å²) >= 11 is 1.81. The Bertz CT molecular complexity index is 1490. The Morgan fingerprint density at radius 3 is 2.76 bits per heavy atom. The summed E-state index contributed by atoms with van der Waals surface area (Å²) in [7, 11) is -3.72. The first kappa shape index (κ1) is 21.9. The lowest BCUT2D eigenvalue weighted by Crippen LogP contribution is -2.49. The summed E-state index contributed by atoms with van der Waals surface area (Å²) in [6.45, 7) is 6.28. The van der Waals surface area contributed by atoms with Gasteiger partial charge in [-0.15, -0.1) is 11.3 Å². The maximum Gasteiger partial charge on any atom is 0.245 e. The highest BCUT2D eigenvalue weighted by Gasteiger charge is 2.33. The van der Waals surface area contributed by atoms with Crippen LogP contribution in [0.25, 0.3) is 21.3 Å². The van der Waals surface area contributed by atoms with Crippen LogP contribution >= 0.6 is 11.3 Å². The third-order valence-electron chi connectivity index (χ3n) is 6.90. The number of thiophene rings is 1. The van der Waals surface area contributed by atoms with E-state index >= 15 is 0 Å². The number of hydrogen-bond acceptors (Lipinski definition) is 9. The molecule has 1 atom stereocenters. The Morgan fingerprint density at radius 1 is 1.15 bits per heavy atom. The predicted molar refractivity (Wildman–Crippen MR) is 131 cm³/mol. The van der Waals surface area contributed by atoms with Gasteiger partial charge in [0.05, 0.1) is 5.39 Å². The second-order valence-corrected chi connectivity index (χ2v) is 12.1. The van der Waals surface area contributed by atoms with E-state index in [9.17, 15) is 8.42 Å². The van der Waals surface area contributed by atoms with Crippen molar-refractivity contribution in [2.45, 2.75) is 44.4 Å². The van der Waals surface area contributed by atoms with Crippen LogP contribution < -0.4 is 4.90 Å². The normalized spacial score (nSPS) is 19.7. The van der Waals surface area contributed by atoms with E-state index in [0.717, 1.165) is 35.7 Å². The fraction of sp³-hybridized carbons (Fsp3) is 0.478. The molecule has 0 spiro atoms. The number of fused-ring (bicyclic) bond motifs is 4. The lowest BCUT2D eigenvalue weighted by atomic mass is 9.89. The third kappa shape index (κ3) is 3.48. The summed E-state index contributed by atoms with van der Waals surface area (Å²) < 4.78 is 33.1. The zero-order valence-corrected chi connectivity index (χ0v) is 20.8. The molecular formula is C23H26N6O3S2. The van der Waals surface area contributed by atoms with Gasteiger partial charge >= 0.3 is 0 Å². The standard InChI is InChI=1S/C23H26N6O3S2/c1-3-19-24-22(20-15-8-7-14(2)13-17(15)33-23(20)25-19)28-9-11-29(12-10-28)34(30,31)18-6-4-5-16-21(18)27-32-26-16/h4-6,14H,3,7-13H2,1-2H3/t14-/m1/s1. The number of anilines is 1. The Balaban J connectivity index is 1.32. The van der Waals surface area contributed by atoms with Gasteiger partial charge in [0.2, 0.25) is 10.0 Å². The topological polar surface area (TPSA) is 105 Å². The first-order chi connectivity index (χ1) is 16.5. The molecule has 0 unspecified atom stereocenters. The van der Waals surface area contributed by atoms with Crippen LogP contribution in [0, 0.1) is 5.92 Å². The Hall–Kier alpha value is -2.63. The van der Waals surface area contributed by atoms with E-state index in [0.29, 0.717) is 37.6 Å². The molecule has 0 bridgehead atoms. The van der Waals surface area contributed by atoms with E-state index in [1.165, 1.54) is 26.6 Å². The molecule has 1 aliphatic heterocycles. The number of sulfonamides is 1. The number of nitrogens with zero attached hydrogens (tertiary/aromatic N) is 6. The quantitative estimate of drug-likeness (QED) is 0.421. The number of aromatic nitrogens is 4. The van der Waals surface area contributed by atoms with Crippen molar-refractivity contribution in [1.29, 1.82) is 0 Å². The summed E-state index contributed by atoms with van der Waals surface area (Å²) in [4.78, 5) is 14.7. The maximum atomic E-state index is 13.4. The van der Waals surface area contributed by atoms with Gasteiger partial charge in [-0.25, -0.2) is 23.0 Å². The Kier molecular flexibility index (Phi) is 5.30. The summed E-state index contributed by atoms with van der Waals surface area (Å²) in [6, 6.07) is 4.92. The van der Waals surface area contributed by atoms with Gasteiger partial charge in [0.15, 0.2) is 5.52 Å². The number of benzene rings is 1. The van der Waals surface area contributed by atoms with E-state index in [-0.39, 0.29) is 10.4 Å². The van der Waals surface area contributed by atoms with Crippen molar-refractivity contribution in [2.75, 3.05) is 31.1 Å². The highest BCUT2D eigenvalue weighted by molar-refractivity contribution is 7.89. The molecule has 1 saturated heterocycles. The monoisotopic (exact) mass is 498 g/mol. The molecule has 34 heavy (non-hydrogen) atoms. The minimum atomic E-state index is -3.72. The molecule has 178 valence electrons. The van der Waals surface area contributed by atoms with Crippen LogP contribution in [0.2, 0.25) is 0 Å². The third-order valence-corrected chi connectivity index (χ3v) is 9.98. The van der Waals surface area contributed by atoms with Crippen LogP contribution in [0.15, 0.2) is 27.7 Å². The van der Waals surface area contributed by atoms with Crippen molar-refractivity contribution < 1.29 is 13.0 Å². The summed E-state index contributed by atoms with van der Waals surface area (Å²) in [5.41, 5.74) is 2.11. The lowest BCUT2D eigenvalue weighted by Gasteiger charge is -2.35. The molecule has 4 heterocycles. The zero-order valence-electron chi connectivity index (χ0n) is 19.2. The van der Waals surface area contributed by atoms with Gasteiger partial charge in [0.1, 0.15) is 26.9 Å². The molecular weight excluding hydrogens is 472 g/mol. The van der Waals surface area contributed by atoms with E-state index < -0.39 is 10.0 Å². The average molecular weight is 499 g/mol. The SMILES string of the molecule is CCc1nc(N2CCN(S(=O)(=O)c3cccc4nonc34)CC2)c2c3c(sc2n1)C[C@H](C)CC3. The lowest BCUT2D eigenvalue weighted by molar-refractivity contribution is 0.315. The number of rotatable bonds is 4. The van der Waals surface area contributed by atoms with Crippen molar-refractivity contribution >= 4 is 48.4 Å². The van der Waals surface area contributed by atoms with E-state index in [1.54, 1.807) is 18.2 Å². The molecule has 0 amide bonds. The van der Waals surface area contributed by atoms with Gasteiger partial charge in [-0.3, -0.25) is 0 Å². The minimum Gasteiger partial charge on any atom is -0.353 e. The first-order valence-corrected chi connectivity index (χ1v) is 14.0. The summed E-state index contributed by atoms with van der Waals surface area (Å²) in [5, 5.41) is 8.78. The molecule has 9 nitrogen and oxygen atoms in total.